The van der Waals surface area contributed by atoms with Crippen molar-refractivity contribution in [2.45, 2.75) is 26.4 Å². The number of ether oxygens (including phenoxy) is 1. The van der Waals surface area contributed by atoms with E-state index in [4.69, 9.17) is 4.74 Å². The van der Waals surface area contributed by atoms with E-state index in [0.717, 1.165) is 10.2 Å². The van der Waals surface area contributed by atoms with Crippen LogP contribution in [0.5, 0.6) is 5.75 Å². The van der Waals surface area contributed by atoms with Crippen LogP contribution in [-0.2, 0) is 6.54 Å². The summed E-state index contributed by atoms with van der Waals surface area (Å²) in [5.41, 5.74) is 0.743. The number of rotatable bonds is 4. The van der Waals surface area contributed by atoms with E-state index in [0.29, 0.717) is 18.3 Å². The van der Waals surface area contributed by atoms with Crippen molar-refractivity contribution in [1.29, 1.82) is 0 Å². The molecule has 6 heteroatoms. The maximum absolute atomic E-state index is 11.9. The summed E-state index contributed by atoms with van der Waals surface area (Å²) in [4.78, 5) is 11.9. The highest BCUT2D eigenvalue weighted by Crippen LogP contribution is 2.21. The number of nitrogens with zero attached hydrogens (tertiary/aromatic N) is 3. The summed E-state index contributed by atoms with van der Waals surface area (Å²) in [5, 5.41) is 4.43. The Kier molecular flexibility index (Phi) is 4.09. The summed E-state index contributed by atoms with van der Waals surface area (Å²) in [6.07, 6.45) is 3.64. The van der Waals surface area contributed by atoms with Gasteiger partial charge in [-0.05, 0) is 35.8 Å². The topological polar surface area (TPSA) is 49.0 Å². The molecular formula is C13H16BrN3O2. The Hall–Kier alpha value is -1.56. The molecule has 2 rings (SSSR count). The number of pyridine rings is 1. The van der Waals surface area contributed by atoms with Gasteiger partial charge in [-0.3, -0.25) is 9.48 Å². The largest absolute Gasteiger partial charge is 0.495 e. The molecule has 0 saturated heterocycles. The second-order valence-electron chi connectivity index (χ2n) is 4.54. The van der Waals surface area contributed by atoms with Crippen LogP contribution < -0.4 is 10.3 Å². The third-order valence-electron chi connectivity index (χ3n) is 2.79. The van der Waals surface area contributed by atoms with E-state index in [1.165, 1.54) is 13.2 Å². The molecule has 0 saturated carbocycles. The molecule has 0 amide bonds. The number of hydrogen-bond acceptors (Lipinski definition) is 3. The highest BCUT2D eigenvalue weighted by molar-refractivity contribution is 9.10. The Labute approximate surface area is 119 Å². The first kappa shape index (κ1) is 13.9. The zero-order chi connectivity index (χ0) is 14.0. The lowest BCUT2D eigenvalue weighted by Crippen LogP contribution is -2.20. The third-order valence-corrected chi connectivity index (χ3v) is 3.38. The maximum atomic E-state index is 11.9. The van der Waals surface area contributed by atoms with Crippen molar-refractivity contribution in [3.63, 3.8) is 0 Å². The van der Waals surface area contributed by atoms with Crippen molar-refractivity contribution < 1.29 is 4.74 Å². The van der Waals surface area contributed by atoms with E-state index < -0.39 is 0 Å². The van der Waals surface area contributed by atoms with Gasteiger partial charge in [0.25, 0.3) is 5.56 Å². The SMILES string of the molecule is COc1cc(=O)n(Cc2ccn(C(C)C)n2)cc1Br. The van der Waals surface area contributed by atoms with E-state index >= 15 is 0 Å². The molecule has 0 spiro atoms. The molecule has 19 heavy (non-hydrogen) atoms. The monoisotopic (exact) mass is 325 g/mol. The molecule has 0 unspecified atom stereocenters. The molecule has 0 aromatic carbocycles. The summed E-state index contributed by atoms with van der Waals surface area (Å²) in [7, 11) is 1.54. The standard InChI is InChI=1S/C13H16BrN3O2/c1-9(2)17-5-4-10(15-17)7-16-8-11(14)12(19-3)6-13(16)18/h4-6,8-9H,7H2,1-3H3. The van der Waals surface area contributed by atoms with Gasteiger partial charge in [-0.1, -0.05) is 0 Å². The first-order valence-corrected chi connectivity index (χ1v) is 6.78. The fourth-order valence-corrected chi connectivity index (χ4v) is 2.26. The Bertz CT molecular complexity index is 631. The van der Waals surface area contributed by atoms with Crippen molar-refractivity contribution in [1.82, 2.24) is 14.3 Å². The number of hydrogen-bond donors (Lipinski definition) is 0. The summed E-state index contributed by atoms with van der Waals surface area (Å²) < 4.78 is 9.31. The van der Waals surface area contributed by atoms with E-state index in [-0.39, 0.29) is 5.56 Å². The highest BCUT2D eigenvalue weighted by Gasteiger charge is 2.07. The fourth-order valence-electron chi connectivity index (χ4n) is 1.73. The average Bonchev–Trinajstić information content (AvgIpc) is 2.82. The maximum Gasteiger partial charge on any atom is 0.254 e. The van der Waals surface area contributed by atoms with Gasteiger partial charge in [0.1, 0.15) is 5.75 Å². The van der Waals surface area contributed by atoms with Crippen molar-refractivity contribution in [3.05, 3.63) is 45.0 Å². The van der Waals surface area contributed by atoms with Gasteiger partial charge in [-0.2, -0.15) is 5.10 Å². The highest BCUT2D eigenvalue weighted by atomic mass is 79.9. The van der Waals surface area contributed by atoms with Crippen LogP contribution in [0.3, 0.4) is 0 Å². The molecule has 2 aromatic heterocycles. The fraction of sp³-hybridized carbons (Fsp3) is 0.385. The van der Waals surface area contributed by atoms with Gasteiger partial charge in [0.05, 0.1) is 23.8 Å². The molecule has 0 aliphatic heterocycles. The van der Waals surface area contributed by atoms with Gasteiger partial charge in [0.15, 0.2) is 0 Å². The van der Waals surface area contributed by atoms with E-state index in [2.05, 4.69) is 34.9 Å². The van der Waals surface area contributed by atoms with Crippen LogP contribution in [0.4, 0.5) is 0 Å². The molecule has 0 aliphatic carbocycles. The van der Waals surface area contributed by atoms with Gasteiger partial charge in [-0.25, -0.2) is 0 Å². The molecule has 5 nitrogen and oxygen atoms in total. The van der Waals surface area contributed by atoms with Crippen LogP contribution >= 0.6 is 15.9 Å². The molecular weight excluding hydrogens is 310 g/mol. The van der Waals surface area contributed by atoms with E-state index in [1.807, 2.05) is 16.9 Å². The van der Waals surface area contributed by atoms with Gasteiger partial charge >= 0.3 is 0 Å². The molecule has 0 radical (unpaired) electrons. The number of methoxy groups -OCH3 is 1. The van der Waals surface area contributed by atoms with Crippen LogP contribution in [0.15, 0.2) is 33.8 Å². The average molecular weight is 326 g/mol. The van der Waals surface area contributed by atoms with Gasteiger partial charge in [0, 0.05) is 24.5 Å². The lowest BCUT2D eigenvalue weighted by atomic mass is 10.4. The minimum Gasteiger partial charge on any atom is -0.495 e. The van der Waals surface area contributed by atoms with Crippen molar-refractivity contribution in [2.75, 3.05) is 7.11 Å². The van der Waals surface area contributed by atoms with E-state index in [9.17, 15) is 4.79 Å². The minimum absolute atomic E-state index is 0.112. The predicted molar refractivity (Wildman–Crippen MR) is 76.7 cm³/mol. The molecule has 102 valence electrons. The smallest absolute Gasteiger partial charge is 0.254 e. The molecule has 0 N–H and O–H groups in total. The van der Waals surface area contributed by atoms with Crippen molar-refractivity contribution >= 4 is 15.9 Å². The summed E-state index contributed by atoms with van der Waals surface area (Å²) in [5.74, 6) is 0.536. The normalized spacial score (nSPS) is 11.0. The quantitative estimate of drug-likeness (QED) is 0.867. The molecule has 0 aliphatic rings. The van der Waals surface area contributed by atoms with Gasteiger partial charge in [-0.15, -0.1) is 0 Å². The van der Waals surface area contributed by atoms with Crippen molar-refractivity contribution in [2.24, 2.45) is 0 Å². The Morgan fingerprint density at radius 3 is 2.79 bits per heavy atom. The molecule has 2 aromatic rings. The molecule has 0 atom stereocenters. The van der Waals surface area contributed by atoms with Crippen LogP contribution in [0, 0.1) is 0 Å². The summed E-state index contributed by atoms with van der Waals surface area (Å²) in [6, 6.07) is 3.70. The Balaban J connectivity index is 2.28. The summed E-state index contributed by atoms with van der Waals surface area (Å²) in [6.45, 7) is 4.57. The zero-order valence-corrected chi connectivity index (χ0v) is 12.7. The Morgan fingerprint density at radius 2 is 2.21 bits per heavy atom. The summed E-state index contributed by atoms with van der Waals surface area (Å²) >= 11 is 3.37. The third kappa shape index (κ3) is 3.07. The van der Waals surface area contributed by atoms with Gasteiger partial charge in [0.2, 0.25) is 0 Å². The molecule has 2 heterocycles. The first-order chi connectivity index (χ1) is 9.01. The second kappa shape index (κ2) is 5.61. The number of halogens is 1. The van der Waals surface area contributed by atoms with Crippen molar-refractivity contribution in [3.8, 4) is 5.75 Å². The number of aromatic nitrogens is 3. The van der Waals surface area contributed by atoms with Crippen LogP contribution in [0.25, 0.3) is 0 Å². The zero-order valence-electron chi connectivity index (χ0n) is 11.1. The first-order valence-electron chi connectivity index (χ1n) is 5.99. The lowest BCUT2D eigenvalue weighted by molar-refractivity contribution is 0.409. The Morgan fingerprint density at radius 1 is 1.47 bits per heavy atom. The molecule has 0 fully saturated rings. The minimum atomic E-state index is -0.112. The van der Waals surface area contributed by atoms with Crippen LogP contribution in [-0.4, -0.2) is 21.5 Å². The second-order valence-corrected chi connectivity index (χ2v) is 5.39. The lowest BCUT2D eigenvalue weighted by Gasteiger charge is -2.08. The van der Waals surface area contributed by atoms with Crippen LogP contribution in [0.2, 0.25) is 0 Å². The predicted octanol–water partition coefficient (Wildman–Crippen LogP) is 2.45. The van der Waals surface area contributed by atoms with Crippen LogP contribution in [0.1, 0.15) is 25.6 Å². The molecule has 0 bridgehead atoms. The van der Waals surface area contributed by atoms with E-state index in [1.54, 1.807) is 10.8 Å². The van der Waals surface area contributed by atoms with Gasteiger partial charge < -0.3 is 9.30 Å².